The first-order chi connectivity index (χ1) is 12.2. The van der Waals surface area contributed by atoms with E-state index in [4.69, 9.17) is 0 Å². The fourth-order valence-electron chi connectivity index (χ4n) is 3.64. The van der Waals surface area contributed by atoms with Crippen LogP contribution in [0.3, 0.4) is 0 Å². The van der Waals surface area contributed by atoms with Crippen LogP contribution in [0.15, 0.2) is 18.3 Å². The van der Waals surface area contributed by atoms with Crippen molar-refractivity contribution < 1.29 is 9.59 Å². The van der Waals surface area contributed by atoms with Crippen molar-refractivity contribution in [2.24, 2.45) is 0 Å². The summed E-state index contributed by atoms with van der Waals surface area (Å²) in [6, 6.07) is 3.57. The monoisotopic (exact) mass is 344 g/mol. The SMILES string of the molecule is CCN1CCN(C(=O)c2ccnc(C(=O)NC3CCCCC3)c2)CC1. The number of aromatic nitrogens is 1. The van der Waals surface area contributed by atoms with Crippen molar-refractivity contribution in [3.05, 3.63) is 29.6 Å². The van der Waals surface area contributed by atoms with Crippen molar-refractivity contribution in [1.29, 1.82) is 0 Å². The highest BCUT2D eigenvalue weighted by atomic mass is 16.2. The van der Waals surface area contributed by atoms with Crippen molar-refractivity contribution in [3.8, 4) is 0 Å². The van der Waals surface area contributed by atoms with Gasteiger partial charge in [-0.25, -0.2) is 0 Å². The van der Waals surface area contributed by atoms with Gasteiger partial charge in [0, 0.05) is 44.0 Å². The van der Waals surface area contributed by atoms with Gasteiger partial charge in [-0.05, 0) is 31.5 Å². The van der Waals surface area contributed by atoms with Gasteiger partial charge in [0.25, 0.3) is 11.8 Å². The number of piperazine rings is 1. The Morgan fingerprint density at radius 1 is 1.16 bits per heavy atom. The molecule has 25 heavy (non-hydrogen) atoms. The van der Waals surface area contributed by atoms with Crippen LogP contribution in [0.4, 0.5) is 0 Å². The largest absolute Gasteiger partial charge is 0.348 e. The summed E-state index contributed by atoms with van der Waals surface area (Å²) < 4.78 is 0. The summed E-state index contributed by atoms with van der Waals surface area (Å²) in [6.07, 6.45) is 7.21. The first kappa shape index (κ1) is 17.9. The van der Waals surface area contributed by atoms with Crippen LogP contribution in [-0.4, -0.2) is 65.4 Å². The molecule has 0 aromatic carbocycles. The summed E-state index contributed by atoms with van der Waals surface area (Å²) in [4.78, 5) is 33.5. The Bertz CT molecular complexity index is 605. The van der Waals surface area contributed by atoms with Crippen LogP contribution in [-0.2, 0) is 0 Å². The van der Waals surface area contributed by atoms with E-state index < -0.39 is 0 Å². The minimum absolute atomic E-state index is 0.00938. The molecule has 1 N–H and O–H groups in total. The molecule has 2 amide bonds. The topological polar surface area (TPSA) is 65.5 Å². The van der Waals surface area contributed by atoms with Crippen molar-refractivity contribution in [2.75, 3.05) is 32.7 Å². The maximum atomic E-state index is 12.7. The Hall–Kier alpha value is -1.95. The highest BCUT2D eigenvalue weighted by Gasteiger charge is 2.23. The number of nitrogens with one attached hydrogen (secondary N) is 1. The third-order valence-electron chi connectivity index (χ3n) is 5.29. The highest BCUT2D eigenvalue weighted by Crippen LogP contribution is 2.18. The van der Waals surface area contributed by atoms with E-state index in [-0.39, 0.29) is 17.9 Å². The van der Waals surface area contributed by atoms with Crippen LogP contribution in [0.25, 0.3) is 0 Å². The lowest BCUT2D eigenvalue weighted by molar-refractivity contribution is 0.0643. The molecular formula is C19H28N4O2. The number of likely N-dealkylation sites (N-methyl/N-ethyl adjacent to an activating group) is 1. The van der Waals surface area contributed by atoms with Gasteiger partial charge in [0.1, 0.15) is 5.69 Å². The molecule has 136 valence electrons. The number of carbonyl (C=O) groups is 2. The fourth-order valence-corrected chi connectivity index (χ4v) is 3.64. The Balaban J connectivity index is 1.62. The molecule has 0 unspecified atom stereocenters. The third-order valence-corrected chi connectivity index (χ3v) is 5.29. The molecule has 1 aromatic rings. The smallest absolute Gasteiger partial charge is 0.270 e. The van der Waals surface area contributed by atoms with Crippen LogP contribution in [0.1, 0.15) is 59.9 Å². The van der Waals surface area contributed by atoms with Crippen molar-refractivity contribution in [1.82, 2.24) is 20.1 Å². The molecule has 2 fully saturated rings. The van der Waals surface area contributed by atoms with E-state index in [0.717, 1.165) is 45.6 Å². The van der Waals surface area contributed by atoms with Gasteiger partial charge in [-0.15, -0.1) is 0 Å². The zero-order valence-corrected chi connectivity index (χ0v) is 15.0. The number of rotatable bonds is 4. The third kappa shape index (κ3) is 4.57. The minimum Gasteiger partial charge on any atom is -0.348 e. The Morgan fingerprint density at radius 3 is 2.56 bits per heavy atom. The molecule has 0 bridgehead atoms. The molecule has 1 aliphatic heterocycles. The summed E-state index contributed by atoms with van der Waals surface area (Å²) >= 11 is 0. The van der Waals surface area contributed by atoms with Gasteiger partial charge in [0.2, 0.25) is 0 Å². The maximum Gasteiger partial charge on any atom is 0.270 e. The summed E-state index contributed by atoms with van der Waals surface area (Å²) in [5.74, 6) is -0.178. The number of carbonyl (C=O) groups excluding carboxylic acids is 2. The lowest BCUT2D eigenvalue weighted by Crippen LogP contribution is -2.48. The second kappa shape index (κ2) is 8.43. The number of hydrogen-bond donors (Lipinski definition) is 1. The van der Waals surface area contributed by atoms with E-state index in [1.165, 1.54) is 19.3 Å². The molecule has 2 heterocycles. The maximum absolute atomic E-state index is 12.7. The average Bonchev–Trinajstić information content (AvgIpc) is 2.68. The molecule has 2 aliphatic rings. The van der Waals surface area contributed by atoms with Crippen LogP contribution in [0.2, 0.25) is 0 Å². The zero-order chi connectivity index (χ0) is 17.6. The lowest BCUT2D eigenvalue weighted by Gasteiger charge is -2.34. The van der Waals surface area contributed by atoms with Crippen LogP contribution >= 0.6 is 0 Å². The van der Waals surface area contributed by atoms with E-state index in [9.17, 15) is 9.59 Å². The van der Waals surface area contributed by atoms with E-state index in [2.05, 4.69) is 22.1 Å². The van der Waals surface area contributed by atoms with Gasteiger partial charge in [0.15, 0.2) is 0 Å². The predicted molar refractivity (Wildman–Crippen MR) is 96.6 cm³/mol. The molecular weight excluding hydrogens is 316 g/mol. The highest BCUT2D eigenvalue weighted by molar-refractivity contribution is 5.98. The van der Waals surface area contributed by atoms with Crippen molar-refractivity contribution in [2.45, 2.75) is 45.1 Å². The molecule has 6 heteroatoms. The van der Waals surface area contributed by atoms with E-state index in [1.807, 2.05) is 4.90 Å². The Labute approximate surface area is 149 Å². The second-order valence-corrected chi connectivity index (χ2v) is 6.96. The predicted octanol–water partition coefficient (Wildman–Crippen LogP) is 1.92. The van der Waals surface area contributed by atoms with Crippen molar-refractivity contribution >= 4 is 11.8 Å². The molecule has 0 atom stereocenters. The summed E-state index contributed by atoms with van der Waals surface area (Å²) in [5, 5.41) is 3.06. The minimum atomic E-state index is -0.169. The number of nitrogens with zero attached hydrogens (tertiary/aromatic N) is 3. The lowest BCUT2D eigenvalue weighted by atomic mass is 9.95. The van der Waals surface area contributed by atoms with Crippen LogP contribution in [0, 0.1) is 0 Å². The Kier molecular flexibility index (Phi) is 6.02. The normalized spacial score (nSPS) is 19.6. The van der Waals surface area contributed by atoms with Gasteiger partial charge >= 0.3 is 0 Å². The zero-order valence-electron chi connectivity index (χ0n) is 15.0. The van der Waals surface area contributed by atoms with Crippen molar-refractivity contribution in [3.63, 3.8) is 0 Å². The number of pyridine rings is 1. The second-order valence-electron chi connectivity index (χ2n) is 6.96. The van der Waals surface area contributed by atoms with Gasteiger partial charge in [-0.2, -0.15) is 0 Å². The van der Waals surface area contributed by atoms with Crippen LogP contribution < -0.4 is 5.32 Å². The summed E-state index contributed by atoms with van der Waals surface area (Å²) in [6.45, 7) is 6.43. The van der Waals surface area contributed by atoms with E-state index in [0.29, 0.717) is 11.3 Å². The number of amides is 2. The molecule has 1 saturated heterocycles. The van der Waals surface area contributed by atoms with E-state index in [1.54, 1.807) is 18.3 Å². The molecule has 1 aliphatic carbocycles. The number of hydrogen-bond acceptors (Lipinski definition) is 4. The summed E-state index contributed by atoms with van der Waals surface area (Å²) in [5.41, 5.74) is 0.886. The van der Waals surface area contributed by atoms with Crippen LogP contribution in [0.5, 0.6) is 0 Å². The molecule has 1 aromatic heterocycles. The average molecular weight is 344 g/mol. The summed E-state index contributed by atoms with van der Waals surface area (Å²) in [7, 11) is 0. The molecule has 0 spiro atoms. The standard InChI is InChI=1S/C19H28N4O2/c1-2-22-10-12-23(13-11-22)19(25)15-8-9-20-17(14-15)18(24)21-16-6-4-3-5-7-16/h8-9,14,16H,2-7,10-13H2,1H3,(H,21,24). The fraction of sp³-hybridized carbons (Fsp3) is 0.632. The van der Waals surface area contributed by atoms with E-state index >= 15 is 0 Å². The van der Waals surface area contributed by atoms with Gasteiger partial charge in [-0.1, -0.05) is 26.2 Å². The molecule has 6 nitrogen and oxygen atoms in total. The van der Waals surface area contributed by atoms with Gasteiger partial charge in [0.05, 0.1) is 0 Å². The quantitative estimate of drug-likeness (QED) is 0.906. The molecule has 3 rings (SSSR count). The van der Waals surface area contributed by atoms with Gasteiger partial charge < -0.3 is 15.1 Å². The Morgan fingerprint density at radius 2 is 1.88 bits per heavy atom. The van der Waals surface area contributed by atoms with Gasteiger partial charge in [-0.3, -0.25) is 14.6 Å². The first-order valence-electron chi connectivity index (χ1n) is 9.46. The molecule has 0 radical (unpaired) electrons. The molecule has 1 saturated carbocycles. The first-order valence-corrected chi connectivity index (χ1v) is 9.46.